The molecule has 6 nitrogen and oxygen atoms in total. The van der Waals surface area contributed by atoms with Crippen LogP contribution in [-0.4, -0.2) is 22.1 Å². The van der Waals surface area contributed by atoms with Crippen molar-refractivity contribution in [2.24, 2.45) is 0 Å². The maximum Gasteiger partial charge on any atom is 0.335 e. The van der Waals surface area contributed by atoms with Crippen molar-refractivity contribution < 1.29 is 23.6 Å². The van der Waals surface area contributed by atoms with Crippen molar-refractivity contribution in [3.05, 3.63) is 47.1 Å². The van der Waals surface area contributed by atoms with Gasteiger partial charge in [-0.2, -0.15) is 0 Å². The summed E-state index contributed by atoms with van der Waals surface area (Å²) in [4.78, 5) is 22.3. The Morgan fingerprint density at radius 2 is 2.11 bits per heavy atom. The fourth-order valence-electron chi connectivity index (χ4n) is 1.41. The van der Waals surface area contributed by atoms with E-state index in [2.05, 4.69) is 10.5 Å². The van der Waals surface area contributed by atoms with Gasteiger partial charge in [0.1, 0.15) is 11.6 Å². The Kier molecular flexibility index (Phi) is 3.28. The van der Waals surface area contributed by atoms with Crippen LogP contribution in [0, 0.1) is 12.7 Å². The molecule has 2 N–H and O–H groups in total. The third-order valence-corrected chi connectivity index (χ3v) is 2.32. The summed E-state index contributed by atoms with van der Waals surface area (Å²) in [5.74, 6) is -2.27. The zero-order valence-electron chi connectivity index (χ0n) is 9.81. The number of hydrogen-bond donors (Lipinski definition) is 2. The minimum Gasteiger partial charge on any atom is -0.478 e. The number of aromatic carboxylic acids is 1. The highest BCUT2D eigenvalue weighted by atomic mass is 19.1. The van der Waals surface area contributed by atoms with Gasteiger partial charge in [-0.05, 0) is 25.1 Å². The highest BCUT2D eigenvalue weighted by Crippen LogP contribution is 2.17. The highest BCUT2D eigenvalue weighted by molar-refractivity contribution is 6.03. The van der Waals surface area contributed by atoms with Crippen molar-refractivity contribution in [2.45, 2.75) is 6.92 Å². The van der Waals surface area contributed by atoms with E-state index in [0.717, 1.165) is 6.07 Å². The number of benzene rings is 1. The quantitative estimate of drug-likeness (QED) is 0.885. The molecule has 1 amide bonds. The van der Waals surface area contributed by atoms with Gasteiger partial charge >= 0.3 is 5.97 Å². The van der Waals surface area contributed by atoms with Crippen LogP contribution in [0.4, 0.5) is 10.1 Å². The van der Waals surface area contributed by atoms with E-state index < -0.39 is 17.7 Å². The summed E-state index contributed by atoms with van der Waals surface area (Å²) >= 11 is 0. The van der Waals surface area contributed by atoms with Crippen molar-refractivity contribution in [1.29, 1.82) is 0 Å². The molecule has 1 aromatic carbocycles. The molecule has 0 spiro atoms. The van der Waals surface area contributed by atoms with E-state index in [-0.39, 0.29) is 16.9 Å². The number of nitrogens with zero attached hydrogens (tertiary/aromatic N) is 1. The van der Waals surface area contributed by atoms with Crippen molar-refractivity contribution >= 4 is 17.6 Å². The molecule has 2 aromatic rings. The Morgan fingerprint density at radius 3 is 2.63 bits per heavy atom. The van der Waals surface area contributed by atoms with Gasteiger partial charge in [0.15, 0.2) is 5.69 Å². The SMILES string of the molecule is Cc1cc(C(=O)Nc2ccc(C(=O)O)cc2F)no1. The van der Waals surface area contributed by atoms with Gasteiger partial charge in [0, 0.05) is 6.07 Å². The van der Waals surface area contributed by atoms with Crippen LogP contribution in [0.2, 0.25) is 0 Å². The van der Waals surface area contributed by atoms with Crippen LogP contribution in [0.15, 0.2) is 28.8 Å². The maximum atomic E-state index is 13.6. The molecule has 0 aliphatic heterocycles. The van der Waals surface area contributed by atoms with Crippen LogP contribution >= 0.6 is 0 Å². The number of halogens is 1. The van der Waals surface area contributed by atoms with E-state index in [9.17, 15) is 14.0 Å². The number of aryl methyl sites for hydroxylation is 1. The van der Waals surface area contributed by atoms with Crippen molar-refractivity contribution in [3.63, 3.8) is 0 Å². The number of hydrogen-bond acceptors (Lipinski definition) is 4. The van der Waals surface area contributed by atoms with Gasteiger partial charge in [-0.3, -0.25) is 4.79 Å². The number of nitrogens with one attached hydrogen (secondary N) is 1. The average molecular weight is 264 g/mol. The summed E-state index contributed by atoms with van der Waals surface area (Å²) in [6.45, 7) is 1.62. The van der Waals surface area contributed by atoms with E-state index in [4.69, 9.17) is 9.63 Å². The Hall–Kier alpha value is -2.70. The molecular weight excluding hydrogens is 255 g/mol. The number of rotatable bonds is 3. The van der Waals surface area contributed by atoms with E-state index >= 15 is 0 Å². The highest BCUT2D eigenvalue weighted by Gasteiger charge is 2.14. The topological polar surface area (TPSA) is 92.4 Å². The first-order chi connectivity index (χ1) is 8.97. The van der Waals surface area contributed by atoms with Crippen LogP contribution < -0.4 is 5.32 Å². The summed E-state index contributed by atoms with van der Waals surface area (Å²) in [7, 11) is 0. The van der Waals surface area contributed by atoms with E-state index in [1.54, 1.807) is 6.92 Å². The molecule has 0 bridgehead atoms. The predicted molar refractivity (Wildman–Crippen MR) is 62.6 cm³/mol. The van der Waals surface area contributed by atoms with Gasteiger partial charge in [0.2, 0.25) is 0 Å². The Bertz CT molecular complexity index is 651. The second-order valence-corrected chi connectivity index (χ2v) is 3.78. The van der Waals surface area contributed by atoms with Crippen molar-refractivity contribution in [1.82, 2.24) is 5.16 Å². The van der Waals surface area contributed by atoms with Crippen LogP contribution in [0.5, 0.6) is 0 Å². The van der Waals surface area contributed by atoms with Crippen LogP contribution in [-0.2, 0) is 0 Å². The first-order valence-electron chi connectivity index (χ1n) is 5.25. The van der Waals surface area contributed by atoms with Gasteiger partial charge in [-0.1, -0.05) is 5.16 Å². The number of anilines is 1. The van der Waals surface area contributed by atoms with Gasteiger partial charge in [0.05, 0.1) is 11.3 Å². The lowest BCUT2D eigenvalue weighted by Gasteiger charge is -2.05. The number of carboxylic acids is 1. The molecule has 19 heavy (non-hydrogen) atoms. The van der Waals surface area contributed by atoms with Crippen LogP contribution in [0.1, 0.15) is 26.6 Å². The maximum absolute atomic E-state index is 13.6. The molecule has 0 aliphatic carbocycles. The minimum absolute atomic E-state index is 0.0132. The number of aromatic nitrogens is 1. The van der Waals surface area contributed by atoms with E-state index in [1.807, 2.05) is 0 Å². The van der Waals surface area contributed by atoms with E-state index in [0.29, 0.717) is 5.76 Å². The molecule has 0 unspecified atom stereocenters. The molecule has 7 heteroatoms. The zero-order valence-corrected chi connectivity index (χ0v) is 9.81. The van der Waals surface area contributed by atoms with Crippen LogP contribution in [0.25, 0.3) is 0 Å². The summed E-state index contributed by atoms with van der Waals surface area (Å²) in [5.41, 5.74) is -0.317. The third-order valence-electron chi connectivity index (χ3n) is 2.32. The first-order valence-corrected chi connectivity index (χ1v) is 5.25. The molecule has 0 atom stereocenters. The molecule has 0 saturated heterocycles. The molecule has 0 aliphatic rings. The Labute approximate surface area is 106 Å². The third kappa shape index (κ3) is 2.76. The summed E-state index contributed by atoms with van der Waals surface area (Å²) in [6.07, 6.45) is 0. The lowest BCUT2D eigenvalue weighted by molar-refractivity contribution is 0.0696. The fourth-order valence-corrected chi connectivity index (χ4v) is 1.41. The van der Waals surface area contributed by atoms with Crippen LogP contribution in [0.3, 0.4) is 0 Å². The molecule has 1 heterocycles. The molecule has 0 saturated carbocycles. The van der Waals surface area contributed by atoms with E-state index in [1.165, 1.54) is 18.2 Å². The molecular formula is C12H9FN2O4. The fraction of sp³-hybridized carbons (Fsp3) is 0.0833. The monoisotopic (exact) mass is 264 g/mol. The normalized spacial score (nSPS) is 10.2. The lowest BCUT2D eigenvalue weighted by atomic mass is 10.2. The molecule has 0 radical (unpaired) electrons. The minimum atomic E-state index is -1.25. The van der Waals surface area contributed by atoms with Gasteiger partial charge < -0.3 is 14.9 Å². The average Bonchev–Trinajstić information content (AvgIpc) is 2.78. The number of carbonyl (C=O) groups is 2. The number of carboxylic acid groups (broad SMARTS) is 1. The Balaban J connectivity index is 2.20. The first kappa shape index (κ1) is 12.7. The largest absolute Gasteiger partial charge is 0.478 e. The standard InChI is InChI=1S/C12H9FN2O4/c1-6-4-10(15-19-6)11(16)14-9-3-2-7(12(17)18)5-8(9)13/h2-5H,1H3,(H,14,16)(H,17,18). The van der Waals surface area contributed by atoms with Crippen molar-refractivity contribution in [2.75, 3.05) is 5.32 Å². The van der Waals surface area contributed by atoms with Gasteiger partial charge in [-0.25, -0.2) is 9.18 Å². The molecule has 0 fully saturated rings. The lowest BCUT2D eigenvalue weighted by Crippen LogP contribution is -2.13. The molecule has 1 aromatic heterocycles. The smallest absolute Gasteiger partial charge is 0.335 e. The number of amides is 1. The summed E-state index contributed by atoms with van der Waals surface area (Å²) in [6, 6.07) is 4.59. The van der Waals surface area contributed by atoms with Crippen molar-refractivity contribution in [3.8, 4) is 0 Å². The number of carbonyl (C=O) groups excluding carboxylic acids is 1. The predicted octanol–water partition coefficient (Wildman–Crippen LogP) is 2.07. The Morgan fingerprint density at radius 1 is 1.37 bits per heavy atom. The second-order valence-electron chi connectivity index (χ2n) is 3.78. The van der Waals surface area contributed by atoms with Gasteiger partial charge in [-0.15, -0.1) is 0 Å². The summed E-state index contributed by atoms with van der Waals surface area (Å²) in [5, 5.41) is 14.4. The zero-order chi connectivity index (χ0) is 14.0. The summed E-state index contributed by atoms with van der Waals surface area (Å²) < 4.78 is 18.3. The molecule has 2 rings (SSSR count). The molecule has 98 valence electrons. The van der Waals surface area contributed by atoms with Gasteiger partial charge in [0.25, 0.3) is 5.91 Å². The second kappa shape index (κ2) is 4.89.